The highest BCUT2D eigenvalue weighted by molar-refractivity contribution is 7.90. The van der Waals surface area contributed by atoms with Gasteiger partial charge in [-0.25, -0.2) is 17.8 Å². The first-order valence-corrected chi connectivity index (χ1v) is 9.64. The largest absolute Gasteiger partial charge is 0.244 e. The molecule has 0 fully saturated rings. The standard InChI is InChI=1S/C19H18FNO2S/c1-3-13-10-17(14-4-7-16(20)8-5-14)18(11-13)15-6-9-19(21-12-15)24(2,22)23/h4-13H,3H2,1-2H3. The van der Waals surface area contributed by atoms with E-state index in [-0.39, 0.29) is 10.8 Å². The number of rotatable bonds is 4. The second-order valence-corrected chi connectivity index (χ2v) is 7.86. The van der Waals surface area contributed by atoms with Gasteiger partial charge in [0.25, 0.3) is 0 Å². The molecule has 1 aliphatic rings. The molecule has 0 bridgehead atoms. The van der Waals surface area contributed by atoms with Crippen molar-refractivity contribution < 1.29 is 12.8 Å². The lowest BCUT2D eigenvalue weighted by Crippen LogP contribution is -2.00. The molecule has 2 aromatic rings. The molecule has 1 aromatic heterocycles. The normalized spacial score (nSPS) is 17.5. The van der Waals surface area contributed by atoms with Gasteiger partial charge in [-0.15, -0.1) is 0 Å². The monoisotopic (exact) mass is 343 g/mol. The molecule has 1 aliphatic carbocycles. The Morgan fingerprint density at radius 1 is 1.00 bits per heavy atom. The maximum atomic E-state index is 13.2. The highest BCUT2D eigenvalue weighted by Crippen LogP contribution is 2.39. The quantitative estimate of drug-likeness (QED) is 0.838. The predicted molar refractivity (Wildman–Crippen MR) is 93.5 cm³/mol. The van der Waals surface area contributed by atoms with Crippen molar-refractivity contribution in [3.8, 4) is 0 Å². The Bertz CT molecular complexity index is 911. The fraction of sp³-hybridized carbons (Fsp3) is 0.211. The zero-order valence-electron chi connectivity index (χ0n) is 13.5. The van der Waals surface area contributed by atoms with Gasteiger partial charge >= 0.3 is 0 Å². The van der Waals surface area contributed by atoms with Crippen molar-refractivity contribution in [1.82, 2.24) is 4.98 Å². The zero-order valence-corrected chi connectivity index (χ0v) is 14.3. The molecule has 1 atom stereocenters. The summed E-state index contributed by atoms with van der Waals surface area (Å²) in [5.74, 6) is 0.0312. The molecule has 0 N–H and O–H groups in total. The van der Waals surface area contributed by atoms with Gasteiger partial charge in [-0.3, -0.25) is 0 Å². The van der Waals surface area contributed by atoms with Crippen molar-refractivity contribution in [2.45, 2.75) is 18.4 Å². The van der Waals surface area contributed by atoms with E-state index in [9.17, 15) is 12.8 Å². The first kappa shape index (κ1) is 16.6. The molecule has 1 heterocycles. The van der Waals surface area contributed by atoms with Crippen LogP contribution < -0.4 is 0 Å². The summed E-state index contributed by atoms with van der Waals surface area (Å²) in [6.07, 6.45) is 7.99. The summed E-state index contributed by atoms with van der Waals surface area (Å²) < 4.78 is 36.3. The van der Waals surface area contributed by atoms with E-state index in [1.165, 1.54) is 18.2 Å². The SMILES string of the molecule is CCC1C=C(c2ccc(F)cc2)C(c2ccc(S(C)(=O)=O)nc2)=C1. The van der Waals surface area contributed by atoms with E-state index in [0.29, 0.717) is 5.92 Å². The third-order valence-corrected chi connectivity index (χ3v) is 5.11. The number of aromatic nitrogens is 1. The van der Waals surface area contributed by atoms with E-state index >= 15 is 0 Å². The molecular formula is C19H18FNO2S. The third kappa shape index (κ3) is 3.31. The van der Waals surface area contributed by atoms with E-state index in [1.54, 1.807) is 24.4 Å². The molecule has 124 valence electrons. The van der Waals surface area contributed by atoms with Gasteiger partial charge in [-0.05, 0) is 53.3 Å². The summed E-state index contributed by atoms with van der Waals surface area (Å²) in [5.41, 5.74) is 3.82. The lowest BCUT2D eigenvalue weighted by Gasteiger charge is -2.10. The maximum Gasteiger partial charge on any atom is 0.192 e. The molecule has 1 aromatic carbocycles. The molecule has 1 unspecified atom stereocenters. The van der Waals surface area contributed by atoms with Crippen LogP contribution in [0.1, 0.15) is 24.5 Å². The van der Waals surface area contributed by atoms with Crippen LogP contribution in [0.15, 0.2) is 59.8 Å². The highest BCUT2D eigenvalue weighted by atomic mass is 32.2. The number of allylic oxidation sites excluding steroid dienone is 4. The van der Waals surface area contributed by atoms with Crippen LogP contribution in [-0.4, -0.2) is 19.7 Å². The molecule has 0 spiro atoms. The highest BCUT2D eigenvalue weighted by Gasteiger charge is 2.20. The lowest BCUT2D eigenvalue weighted by atomic mass is 9.96. The van der Waals surface area contributed by atoms with Crippen LogP contribution in [0.3, 0.4) is 0 Å². The van der Waals surface area contributed by atoms with Crippen molar-refractivity contribution in [2.75, 3.05) is 6.26 Å². The van der Waals surface area contributed by atoms with Crippen LogP contribution in [0.25, 0.3) is 11.1 Å². The summed E-state index contributed by atoms with van der Waals surface area (Å²) in [6, 6.07) is 9.69. The van der Waals surface area contributed by atoms with Gasteiger partial charge in [0, 0.05) is 18.0 Å². The number of hydrogen-bond donors (Lipinski definition) is 0. The number of halogens is 1. The van der Waals surface area contributed by atoms with Crippen LogP contribution in [-0.2, 0) is 9.84 Å². The fourth-order valence-corrected chi connectivity index (χ4v) is 3.34. The Labute approximate surface area is 141 Å². The topological polar surface area (TPSA) is 47.0 Å². The molecule has 3 nitrogen and oxygen atoms in total. The van der Waals surface area contributed by atoms with Gasteiger partial charge < -0.3 is 0 Å². The number of hydrogen-bond acceptors (Lipinski definition) is 3. The molecule has 0 aliphatic heterocycles. The predicted octanol–water partition coefficient (Wildman–Crippen LogP) is 4.13. The van der Waals surface area contributed by atoms with Crippen LogP contribution in [0.5, 0.6) is 0 Å². The lowest BCUT2D eigenvalue weighted by molar-refractivity contribution is 0.598. The molecule has 0 saturated heterocycles. The zero-order chi connectivity index (χ0) is 17.3. The van der Waals surface area contributed by atoms with Crippen molar-refractivity contribution >= 4 is 21.0 Å². The minimum atomic E-state index is -3.32. The van der Waals surface area contributed by atoms with Gasteiger partial charge in [0.15, 0.2) is 14.9 Å². The molecule has 0 amide bonds. The van der Waals surface area contributed by atoms with Crippen molar-refractivity contribution in [1.29, 1.82) is 0 Å². The Morgan fingerprint density at radius 2 is 1.58 bits per heavy atom. The van der Waals surface area contributed by atoms with E-state index in [1.807, 2.05) is 0 Å². The Balaban J connectivity index is 2.01. The first-order valence-electron chi connectivity index (χ1n) is 7.75. The maximum absolute atomic E-state index is 13.2. The van der Waals surface area contributed by atoms with Crippen molar-refractivity contribution in [2.24, 2.45) is 5.92 Å². The minimum absolute atomic E-state index is 0.0594. The molecule has 5 heteroatoms. The van der Waals surface area contributed by atoms with Crippen LogP contribution >= 0.6 is 0 Å². The Kier molecular flexibility index (Phi) is 4.37. The summed E-state index contributed by atoms with van der Waals surface area (Å²) in [4.78, 5) is 4.07. The number of pyridine rings is 1. The van der Waals surface area contributed by atoms with Gasteiger partial charge in [-0.2, -0.15) is 0 Å². The average molecular weight is 343 g/mol. The van der Waals surface area contributed by atoms with Crippen LogP contribution in [0, 0.1) is 11.7 Å². The van der Waals surface area contributed by atoms with Gasteiger partial charge in [0.2, 0.25) is 0 Å². The second-order valence-electron chi connectivity index (χ2n) is 5.90. The smallest absolute Gasteiger partial charge is 0.192 e. The van der Waals surface area contributed by atoms with E-state index in [2.05, 4.69) is 24.1 Å². The van der Waals surface area contributed by atoms with Crippen molar-refractivity contribution in [3.05, 3.63) is 71.7 Å². The van der Waals surface area contributed by atoms with E-state index in [4.69, 9.17) is 0 Å². The Hall–Kier alpha value is -2.27. The molecular weight excluding hydrogens is 325 g/mol. The third-order valence-electron chi connectivity index (χ3n) is 4.11. The summed E-state index contributed by atoms with van der Waals surface area (Å²) in [5, 5.41) is 0.0594. The fourth-order valence-electron chi connectivity index (χ4n) is 2.78. The number of sulfone groups is 1. The number of nitrogens with zero attached hydrogens (tertiary/aromatic N) is 1. The van der Waals surface area contributed by atoms with Crippen LogP contribution in [0.4, 0.5) is 4.39 Å². The Morgan fingerprint density at radius 3 is 2.08 bits per heavy atom. The van der Waals surface area contributed by atoms with Gasteiger partial charge in [0.1, 0.15) is 5.82 Å². The van der Waals surface area contributed by atoms with E-state index < -0.39 is 9.84 Å². The van der Waals surface area contributed by atoms with Crippen LogP contribution in [0.2, 0.25) is 0 Å². The summed E-state index contributed by atoms with van der Waals surface area (Å²) >= 11 is 0. The number of benzene rings is 1. The molecule has 0 radical (unpaired) electrons. The summed E-state index contributed by atoms with van der Waals surface area (Å²) in [6.45, 7) is 2.11. The first-order chi connectivity index (χ1) is 11.4. The van der Waals surface area contributed by atoms with Gasteiger partial charge in [0.05, 0.1) is 0 Å². The average Bonchev–Trinajstić information content (AvgIpc) is 2.99. The van der Waals surface area contributed by atoms with E-state index in [0.717, 1.165) is 34.9 Å². The van der Waals surface area contributed by atoms with Crippen molar-refractivity contribution in [3.63, 3.8) is 0 Å². The minimum Gasteiger partial charge on any atom is -0.244 e. The molecule has 0 saturated carbocycles. The summed E-state index contributed by atoms with van der Waals surface area (Å²) in [7, 11) is -3.32. The molecule has 24 heavy (non-hydrogen) atoms. The second kappa shape index (κ2) is 6.32. The van der Waals surface area contributed by atoms with Gasteiger partial charge in [-0.1, -0.05) is 31.2 Å². The molecule has 3 rings (SSSR count).